The van der Waals surface area contributed by atoms with E-state index in [9.17, 15) is 4.79 Å². The molecule has 0 spiro atoms. The summed E-state index contributed by atoms with van der Waals surface area (Å²) in [5.74, 6) is -0.290. The van der Waals surface area contributed by atoms with E-state index in [1.165, 1.54) is 5.56 Å². The molecule has 0 unspecified atom stereocenters. The summed E-state index contributed by atoms with van der Waals surface area (Å²) in [7, 11) is 0. The highest BCUT2D eigenvalue weighted by Crippen LogP contribution is 2.19. The van der Waals surface area contributed by atoms with E-state index >= 15 is 0 Å². The zero-order valence-corrected chi connectivity index (χ0v) is 11.4. The number of ether oxygens (including phenoxy) is 1. The molecule has 1 aromatic carbocycles. The monoisotopic (exact) mass is 262 g/mol. The molecule has 19 heavy (non-hydrogen) atoms. The third-order valence-corrected chi connectivity index (χ3v) is 3.58. The van der Waals surface area contributed by atoms with Crippen LogP contribution in [0.5, 0.6) is 0 Å². The first-order chi connectivity index (χ1) is 9.20. The minimum Gasteiger partial charge on any atom is -0.466 e. The second-order valence-corrected chi connectivity index (χ2v) is 5.03. The number of likely N-dealkylation sites (tertiary alicyclic amines) is 1. The molecule has 0 radical (unpaired) electrons. The van der Waals surface area contributed by atoms with Crippen molar-refractivity contribution in [3.63, 3.8) is 0 Å². The first-order valence-electron chi connectivity index (χ1n) is 6.89. The first kappa shape index (κ1) is 14.0. The maximum Gasteiger partial charge on any atom is 0.310 e. The van der Waals surface area contributed by atoms with Crippen LogP contribution in [-0.4, -0.2) is 36.6 Å². The molecule has 0 amide bonds. The first-order valence-corrected chi connectivity index (χ1v) is 6.89. The summed E-state index contributed by atoms with van der Waals surface area (Å²) < 4.78 is 5.07. The molecule has 4 heteroatoms. The van der Waals surface area contributed by atoms with Gasteiger partial charge in [-0.25, -0.2) is 0 Å². The zero-order valence-electron chi connectivity index (χ0n) is 11.4. The lowest BCUT2D eigenvalue weighted by Gasteiger charge is -2.35. The molecule has 0 saturated carbocycles. The van der Waals surface area contributed by atoms with Crippen LogP contribution in [0.15, 0.2) is 30.3 Å². The molecule has 2 atom stereocenters. The fourth-order valence-electron chi connectivity index (χ4n) is 2.58. The van der Waals surface area contributed by atoms with Crippen molar-refractivity contribution in [3.8, 4) is 0 Å². The summed E-state index contributed by atoms with van der Waals surface area (Å²) in [4.78, 5) is 14.1. The fraction of sp³-hybridized carbons (Fsp3) is 0.533. The van der Waals surface area contributed by atoms with Crippen molar-refractivity contribution in [2.45, 2.75) is 25.9 Å². The van der Waals surface area contributed by atoms with Crippen LogP contribution in [0.2, 0.25) is 0 Å². The van der Waals surface area contributed by atoms with Gasteiger partial charge in [-0.2, -0.15) is 0 Å². The summed E-state index contributed by atoms with van der Waals surface area (Å²) in [6, 6.07) is 10.2. The van der Waals surface area contributed by atoms with Gasteiger partial charge < -0.3 is 10.5 Å². The number of hydrogen-bond donors (Lipinski definition) is 1. The van der Waals surface area contributed by atoms with Crippen LogP contribution >= 0.6 is 0 Å². The van der Waals surface area contributed by atoms with E-state index in [1.54, 1.807) is 0 Å². The van der Waals surface area contributed by atoms with Gasteiger partial charge in [0.2, 0.25) is 0 Å². The van der Waals surface area contributed by atoms with E-state index < -0.39 is 0 Å². The maximum absolute atomic E-state index is 11.8. The molecule has 1 heterocycles. The van der Waals surface area contributed by atoms with E-state index in [0.29, 0.717) is 6.61 Å². The van der Waals surface area contributed by atoms with E-state index in [4.69, 9.17) is 10.5 Å². The SMILES string of the molecule is CCOC(=O)[C@H]1CCN(Cc2ccccc2)C[C@H]1N. The molecule has 2 N–H and O–H groups in total. The number of carbonyl (C=O) groups excluding carboxylic acids is 1. The van der Waals surface area contributed by atoms with Gasteiger partial charge in [-0.15, -0.1) is 0 Å². The van der Waals surface area contributed by atoms with Crippen molar-refractivity contribution in [2.24, 2.45) is 11.7 Å². The topological polar surface area (TPSA) is 55.6 Å². The predicted octanol–water partition coefficient (Wildman–Crippen LogP) is 1.40. The highest BCUT2D eigenvalue weighted by molar-refractivity contribution is 5.73. The molecular weight excluding hydrogens is 240 g/mol. The van der Waals surface area contributed by atoms with E-state index in [0.717, 1.165) is 26.1 Å². The van der Waals surface area contributed by atoms with Crippen LogP contribution in [0.25, 0.3) is 0 Å². The number of rotatable bonds is 4. The van der Waals surface area contributed by atoms with Gasteiger partial charge in [0.1, 0.15) is 0 Å². The Morgan fingerprint density at radius 3 is 2.79 bits per heavy atom. The second-order valence-electron chi connectivity index (χ2n) is 5.03. The number of esters is 1. The second kappa shape index (κ2) is 6.68. The highest BCUT2D eigenvalue weighted by atomic mass is 16.5. The van der Waals surface area contributed by atoms with E-state index in [-0.39, 0.29) is 17.9 Å². The normalized spacial score (nSPS) is 24.1. The van der Waals surface area contributed by atoms with Gasteiger partial charge in [0.15, 0.2) is 0 Å². The number of carbonyl (C=O) groups is 1. The van der Waals surface area contributed by atoms with Gasteiger partial charge in [-0.1, -0.05) is 30.3 Å². The largest absolute Gasteiger partial charge is 0.466 e. The Morgan fingerprint density at radius 1 is 1.42 bits per heavy atom. The van der Waals surface area contributed by atoms with Crippen LogP contribution in [0.3, 0.4) is 0 Å². The Balaban J connectivity index is 1.88. The highest BCUT2D eigenvalue weighted by Gasteiger charge is 2.32. The van der Waals surface area contributed by atoms with Crippen molar-refractivity contribution in [1.82, 2.24) is 4.90 Å². The predicted molar refractivity (Wildman–Crippen MR) is 74.4 cm³/mol. The van der Waals surface area contributed by atoms with Gasteiger partial charge in [-0.05, 0) is 25.5 Å². The van der Waals surface area contributed by atoms with Crippen LogP contribution < -0.4 is 5.73 Å². The van der Waals surface area contributed by atoms with Crippen LogP contribution in [-0.2, 0) is 16.1 Å². The Morgan fingerprint density at radius 2 is 2.16 bits per heavy atom. The van der Waals surface area contributed by atoms with Gasteiger partial charge in [0.25, 0.3) is 0 Å². The fourth-order valence-corrected chi connectivity index (χ4v) is 2.58. The Hall–Kier alpha value is -1.39. The average molecular weight is 262 g/mol. The minimum absolute atomic E-state index is 0.128. The molecular formula is C15H22N2O2. The summed E-state index contributed by atoms with van der Waals surface area (Å²) in [5.41, 5.74) is 7.39. The molecule has 0 bridgehead atoms. The van der Waals surface area contributed by atoms with Crippen molar-refractivity contribution < 1.29 is 9.53 Å². The quantitative estimate of drug-likeness (QED) is 0.833. The van der Waals surface area contributed by atoms with Gasteiger partial charge in [0, 0.05) is 19.1 Å². The third-order valence-electron chi connectivity index (χ3n) is 3.58. The molecule has 4 nitrogen and oxygen atoms in total. The summed E-state index contributed by atoms with van der Waals surface area (Å²) >= 11 is 0. The molecule has 1 aliphatic rings. The maximum atomic E-state index is 11.8. The molecule has 1 saturated heterocycles. The lowest BCUT2D eigenvalue weighted by Crippen LogP contribution is -2.51. The van der Waals surface area contributed by atoms with Gasteiger partial charge >= 0.3 is 5.97 Å². The van der Waals surface area contributed by atoms with Crippen molar-refractivity contribution >= 4 is 5.97 Å². The van der Waals surface area contributed by atoms with Gasteiger partial charge in [0.05, 0.1) is 12.5 Å². The Kier molecular flexibility index (Phi) is 4.93. The molecule has 0 aliphatic carbocycles. The summed E-state index contributed by atoms with van der Waals surface area (Å²) in [5, 5.41) is 0. The molecule has 1 fully saturated rings. The van der Waals surface area contributed by atoms with Gasteiger partial charge in [-0.3, -0.25) is 9.69 Å². The smallest absolute Gasteiger partial charge is 0.310 e. The molecule has 1 aromatic rings. The van der Waals surface area contributed by atoms with Crippen LogP contribution in [0, 0.1) is 5.92 Å². The van der Waals surface area contributed by atoms with E-state index in [1.807, 2.05) is 25.1 Å². The Bertz CT molecular complexity index is 408. The molecule has 1 aliphatic heterocycles. The van der Waals surface area contributed by atoms with Crippen molar-refractivity contribution in [3.05, 3.63) is 35.9 Å². The molecule has 2 rings (SSSR count). The van der Waals surface area contributed by atoms with Crippen molar-refractivity contribution in [1.29, 1.82) is 0 Å². The number of benzene rings is 1. The van der Waals surface area contributed by atoms with Crippen molar-refractivity contribution in [2.75, 3.05) is 19.7 Å². The standard InChI is InChI=1S/C15H22N2O2/c1-2-19-15(18)13-8-9-17(11-14(13)16)10-12-6-4-3-5-7-12/h3-7,13-14H,2,8-11,16H2,1H3/t13-,14+/m0/s1. The van der Waals surface area contributed by atoms with E-state index in [2.05, 4.69) is 17.0 Å². The molecule has 0 aromatic heterocycles. The van der Waals surface area contributed by atoms with Crippen LogP contribution in [0.4, 0.5) is 0 Å². The number of hydrogen-bond acceptors (Lipinski definition) is 4. The lowest BCUT2D eigenvalue weighted by molar-refractivity contribution is -0.150. The lowest BCUT2D eigenvalue weighted by atomic mass is 9.92. The summed E-state index contributed by atoms with van der Waals surface area (Å²) in [6.45, 7) is 4.79. The number of nitrogens with two attached hydrogens (primary N) is 1. The summed E-state index contributed by atoms with van der Waals surface area (Å²) in [6.07, 6.45) is 0.785. The van der Waals surface area contributed by atoms with Crippen LogP contribution in [0.1, 0.15) is 18.9 Å². The molecule has 104 valence electrons. The number of nitrogens with zero attached hydrogens (tertiary/aromatic N) is 1. The zero-order chi connectivity index (χ0) is 13.7. The Labute approximate surface area is 114 Å². The minimum atomic E-state index is -0.146. The third kappa shape index (κ3) is 3.78. The number of piperidine rings is 1. The average Bonchev–Trinajstić information content (AvgIpc) is 2.40.